The first-order valence-electron chi connectivity index (χ1n) is 5.07. The number of hydrogen-bond acceptors (Lipinski definition) is 5. The van der Waals surface area contributed by atoms with E-state index in [4.69, 9.17) is 14.6 Å². The molecule has 0 atom stereocenters. The van der Waals surface area contributed by atoms with Gasteiger partial charge in [-0.25, -0.2) is 0 Å². The van der Waals surface area contributed by atoms with Gasteiger partial charge in [-0.15, -0.1) is 10.2 Å². The lowest BCUT2D eigenvalue weighted by Gasteiger charge is -2.05. The molecule has 0 saturated heterocycles. The normalized spacial score (nSPS) is 10.0. The van der Waals surface area contributed by atoms with Crippen LogP contribution in [0.4, 0.5) is 0 Å². The lowest BCUT2D eigenvalue weighted by Crippen LogP contribution is -1.94. The zero-order valence-electron chi connectivity index (χ0n) is 9.33. The number of ether oxygens (including phenoxy) is 2. The third-order valence-corrected chi connectivity index (χ3v) is 2.14. The highest BCUT2D eigenvalue weighted by Gasteiger charge is 2.00. The quantitative estimate of drug-likeness (QED) is 0.870. The lowest BCUT2D eigenvalue weighted by atomic mass is 10.3. The SMILES string of the molecule is COc1ccc(Oc2ccc(CO)nn2)cc1. The van der Waals surface area contributed by atoms with Crippen LogP contribution in [-0.4, -0.2) is 22.4 Å². The Hall–Kier alpha value is -2.14. The van der Waals surface area contributed by atoms with E-state index in [1.54, 1.807) is 43.5 Å². The van der Waals surface area contributed by atoms with Crippen molar-refractivity contribution >= 4 is 0 Å². The number of nitrogens with zero attached hydrogens (tertiary/aromatic N) is 2. The highest BCUT2D eigenvalue weighted by atomic mass is 16.5. The summed E-state index contributed by atoms with van der Waals surface area (Å²) in [6.07, 6.45) is 0. The van der Waals surface area contributed by atoms with Gasteiger partial charge >= 0.3 is 0 Å². The average Bonchev–Trinajstić information content (AvgIpc) is 2.40. The smallest absolute Gasteiger partial charge is 0.238 e. The van der Waals surface area contributed by atoms with E-state index in [1.807, 2.05) is 0 Å². The predicted octanol–water partition coefficient (Wildman–Crippen LogP) is 1.77. The second kappa shape index (κ2) is 5.27. The minimum atomic E-state index is -0.129. The van der Waals surface area contributed by atoms with Crippen LogP contribution in [0.25, 0.3) is 0 Å². The van der Waals surface area contributed by atoms with Crippen molar-refractivity contribution in [3.05, 3.63) is 42.1 Å². The molecule has 5 nitrogen and oxygen atoms in total. The first-order valence-corrected chi connectivity index (χ1v) is 5.07. The summed E-state index contributed by atoms with van der Waals surface area (Å²) in [5.74, 6) is 1.79. The van der Waals surface area contributed by atoms with Gasteiger partial charge in [0.1, 0.15) is 11.5 Å². The van der Waals surface area contributed by atoms with Crippen LogP contribution in [0, 0.1) is 0 Å². The number of methoxy groups -OCH3 is 1. The predicted molar refractivity (Wildman–Crippen MR) is 61.0 cm³/mol. The molecule has 0 radical (unpaired) electrons. The summed E-state index contributed by atoms with van der Waals surface area (Å²) in [7, 11) is 1.61. The van der Waals surface area contributed by atoms with Crippen LogP contribution in [-0.2, 0) is 6.61 Å². The van der Waals surface area contributed by atoms with Crippen molar-refractivity contribution < 1.29 is 14.6 Å². The fourth-order valence-electron chi connectivity index (χ4n) is 1.25. The van der Waals surface area contributed by atoms with Gasteiger partial charge in [-0.2, -0.15) is 0 Å². The number of rotatable bonds is 4. The van der Waals surface area contributed by atoms with Gasteiger partial charge in [-0.05, 0) is 30.3 Å². The van der Waals surface area contributed by atoms with E-state index in [0.717, 1.165) is 5.75 Å². The number of benzene rings is 1. The molecule has 0 amide bonds. The van der Waals surface area contributed by atoms with Crippen LogP contribution >= 0.6 is 0 Å². The molecular formula is C12H12N2O3. The minimum absolute atomic E-state index is 0.129. The van der Waals surface area contributed by atoms with E-state index in [0.29, 0.717) is 17.3 Å². The van der Waals surface area contributed by atoms with Gasteiger partial charge in [-0.1, -0.05) is 0 Å². The van der Waals surface area contributed by atoms with E-state index in [1.165, 1.54) is 0 Å². The summed E-state index contributed by atoms with van der Waals surface area (Å²) in [6, 6.07) is 10.5. The van der Waals surface area contributed by atoms with E-state index in [9.17, 15) is 0 Å². The number of aliphatic hydroxyl groups excluding tert-OH is 1. The summed E-state index contributed by atoms with van der Waals surface area (Å²) in [6.45, 7) is -0.129. The highest BCUT2D eigenvalue weighted by molar-refractivity contribution is 5.33. The molecule has 1 aromatic carbocycles. The Morgan fingerprint density at radius 1 is 1.00 bits per heavy atom. The Bertz CT molecular complexity index is 423. The van der Waals surface area contributed by atoms with Crippen LogP contribution in [0.15, 0.2) is 36.4 Å². The topological polar surface area (TPSA) is 64.5 Å². The summed E-state index contributed by atoms with van der Waals surface area (Å²) in [5, 5.41) is 16.4. The van der Waals surface area contributed by atoms with E-state index < -0.39 is 0 Å². The van der Waals surface area contributed by atoms with Crippen molar-refractivity contribution in [2.24, 2.45) is 0 Å². The molecule has 0 saturated carbocycles. The third-order valence-electron chi connectivity index (χ3n) is 2.14. The molecule has 0 aliphatic heterocycles. The molecule has 0 unspecified atom stereocenters. The maximum atomic E-state index is 8.82. The zero-order valence-corrected chi connectivity index (χ0v) is 9.33. The molecule has 0 fully saturated rings. The minimum Gasteiger partial charge on any atom is -0.497 e. The van der Waals surface area contributed by atoms with E-state index >= 15 is 0 Å². The molecule has 88 valence electrons. The van der Waals surface area contributed by atoms with Crippen molar-refractivity contribution in [1.82, 2.24) is 10.2 Å². The van der Waals surface area contributed by atoms with Crippen LogP contribution < -0.4 is 9.47 Å². The maximum Gasteiger partial charge on any atom is 0.238 e. The summed E-state index contributed by atoms with van der Waals surface area (Å²) in [5.41, 5.74) is 0.507. The number of hydrogen-bond donors (Lipinski definition) is 1. The van der Waals surface area contributed by atoms with Crippen molar-refractivity contribution in [3.63, 3.8) is 0 Å². The third kappa shape index (κ3) is 2.92. The number of aliphatic hydroxyl groups is 1. The fourth-order valence-corrected chi connectivity index (χ4v) is 1.25. The summed E-state index contributed by atoms with van der Waals surface area (Å²) < 4.78 is 10.5. The summed E-state index contributed by atoms with van der Waals surface area (Å²) in [4.78, 5) is 0. The lowest BCUT2D eigenvalue weighted by molar-refractivity contribution is 0.274. The Labute approximate surface area is 98.6 Å². The molecule has 5 heteroatoms. The van der Waals surface area contributed by atoms with Gasteiger partial charge in [0.2, 0.25) is 5.88 Å². The fraction of sp³-hybridized carbons (Fsp3) is 0.167. The molecule has 1 N–H and O–H groups in total. The molecule has 0 aliphatic rings. The second-order valence-corrected chi connectivity index (χ2v) is 3.30. The molecule has 1 heterocycles. The van der Waals surface area contributed by atoms with Gasteiger partial charge in [0, 0.05) is 6.07 Å². The van der Waals surface area contributed by atoms with Crippen molar-refractivity contribution in [3.8, 4) is 17.4 Å². The average molecular weight is 232 g/mol. The molecule has 0 bridgehead atoms. The van der Waals surface area contributed by atoms with Crippen LogP contribution in [0.5, 0.6) is 17.4 Å². The first-order chi connectivity index (χ1) is 8.31. The van der Waals surface area contributed by atoms with Gasteiger partial charge in [0.25, 0.3) is 0 Å². The van der Waals surface area contributed by atoms with Crippen molar-refractivity contribution in [2.75, 3.05) is 7.11 Å². The van der Waals surface area contributed by atoms with E-state index in [2.05, 4.69) is 10.2 Å². The van der Waals surface area contributed by atoms with Crippen molar-refractivity contribution in [1.29, 1.82) is 0 Å². The van der Waals surface area contributed by atoms with Crippen LogP contribution in [0.2, 0.25) is 0 Å². The Kier molecular flexibility index (Phi) is 3.52. The Morgan fingerprint density at radius 2 is 1.71 bits per heavy atom. The molecule has 2 aromatic rings. The highest BCUT2D eigenvalue weighted by Crippen LogP contribution is 2.21. The summed E-state index contributed by atoms with van der Waals surface area (Å²) >= 11 is 0. The Morgan fingerprint density at radius 3 is 2.24 bits per heavy atom. The molecule has 17 heavy (non-hydrogen) atoms. The molecule has 0 aliphatic carbocycles. The first kappa shape index (κ1) is 11.3. The van der Waals surface area contributed by atoms with Gasteiger partial charge in [-0.3, -0.25) is 0 Å². The Balaban J connectivity index is 2.08. The van der Waals surface area contributed by atoms with Gasteiger partial charge < -0.3 is 14.6 Å². The van der Waals surface area contributed by atoms with Crippen molar-refractivity contribution in [2.45, 2.75) is 6.61 Å². The van der Waals surface area contributed by atoms with Gasteiger partial charge in [0.15, 0.2) is 0 Å². The van der Waals surface area contributed by atoms with Crippen LogP contribution in [0.1, 0.15) is 5.69 Å². The number of aromatic nitrogens is 2. The zero-order chi connectivity index (χ0) is 12.1. The van der Waals surface area contributed by atoms with Crippen LogP contribution in [0.3, 0.4) is 0 Å². The van der Waals surface area contributed by atoms with Gasteiger partial charge in [0.05, 0.1) is 19.4 Å². The largest absolute Gasteiger partial charge is 0.497 e. The maximum absolute atomic E-state index is 8.82. The molecule has 2 rings (SSSR count). The standard InChI is InChI=1S/C12H12N2O3/c1-16-10-3-5-11(6-4-10)17-12-7-2-9(8-15)13-14-12/h2-7,15H,8H2,1H3. The van der Waals surface area contributed by atoms with E-state index in [-0.39, 0.29) is 6.61 Å². The second-order valence-electron chi connectivity index (χ2n) is 3.30. The molecule has 1 aromatic heterocycles. The molecule has 0 spiro atoms. The monoisotopic (exact) mass is 232 g/mol. The molecular weight excluding hydrogens is 220 g/mol.